The molecule has 0 aliphatic rings. The van der Waals surface area contributed by atoms with Gasteiger partial charge in [-0.1, -0.05) is 36.8 Å². The molecule has 0 amide bonds. The third-order valence-corrected chi connectivity index (χ3v) is 5.00. The SMILES string of the molecule is CCSCCC(CCl)(CCl)c1cccc(C)c1. The number of hydrogen-bond acceptors (Lipinski definition) is 1. The van der Waals surface area contributed by atoms with Crippen molar-refractivity contribution in [3.05, 3.63) is 35.4 Å². The summed E-state index contributed by atoms with van der Waals surface area (Å²) < 4.78 is 0. The minimum Gasteiger partial charge on any atom is -0.162 e. The fourth-order valence-corrected chi connectivity index (χ4v) is 3.54. The number of thioether (sulfide) groups is 1. The predicted octanol–water partition coefficient (Wildman–Crippen LogP) is 4.85. The Morgan fingerprint density at radius 1 is 1.24 bits per heavy atom. The van der Waals surface area contributed by atoms with Crippen molar-refractivity contribution in [3.63, 3.8) is 0 Å². The van der Waals surface area contributed by atoms with E-state index in [4.69, 9.17) is 23.2 Å². The van der Waals surface area contributed by atoms with Crippen LogP contribution in [-0.4, -0.2) is 23.3 Å². The summed E-state index contributed by atoms with van der Waals surface area (Å²) in [4.78, 5) is 0. The van der Waals surface area contributed by atoms with Crippen LogP contribution in [0.5, 0.6) is 0 Å². The molecule has 0 radical (unpaired) electrons. The van der Waals surface area contributed by atoms with Crippen molar-refractivity contribution < 1.29 is 0 Å². The number of alkyl halides is 2. The fourth-order valence-electron chi connectivity index (χ4n) is 1.85. The van der Waals surface area contributed by atoms with Crippen molar-refractivity contribution in [2.45, 2.75) is 25.7 Å². The third-order valence-electron chi connectivity index (χ3n) is 3.07. The van der Waals surface area contributed by atoms with Crippen LogP contribution in [-0.2, 0) is 5.41 Å². The average Bonchev–Trinajstić information content (AvgIpc) is 2.35. The van der Waals surface area contributed by atoms with Gasteiger partial charge in [0.05, 0.1) is 0 Å². The summed E-state index contributed by atoms with van der Waals surface area (Å²) in [5, 5.41) is 0. The van der Waals surface area contributed by atoms with Crippen LogP contribution in [0.4, 0.5) is 0 Å². The lowest BCUT2D eigenvalue weighted by Gasteiger charge is -2.30. The highest BCUT2D eigenvalue weighted by Crippen LogP contribution is 2.33. The highest BCUT2D eigenvalue weighted by molar-refractivity contribution is 7.99. The van der Waals surface area contributed by atoms with Gasteiger partial charge in [-0.3, -0.25) is 0 Å². The van der Waals surface area contributed by atoms with E-state index in [0.29, 0.717) is 11.8 Å². The maximum Gasteiger partial charge on any atom is 0.0332 e. The van der Waals surface area contributed by atoms with E-state index in [1.165, 1.54) is 11.1 Å². The molecule has 1 aromatic rings. The number of halogens is 2. The van der Waals surface area contributed by atoms with Crippen LogP contribution in [0.1, 0.15) is 24.5 Å². The highest BCUT2D eigenvalue weighted by Gasteiger charge is 2.30. The van der Waals surface area contributed by atoms with Crippen molar-refractivity contribution in [1.82, 2.24) is 0 Å². The van der Waals surface area contributed by atoms with E-state index in [1.807, 2.05) is 11.8 Å². The molecule has 0 aliphatic heterocycles. The monoisotopic (exact) mass is 290 g/mol. The lowest BCUT2D eigenvalue weighted by molar-refractivity contribution is 0.524. The van der Waals surface area contributed by atoms with E-state index in [0.717, 1.165) is 17.9 Å². The molecule has 0 unspecified atom stereocenters. The van der Waals surface area contributed by atoms with E-state index in [2.05, 4.69) is 38.1 Å². The smallest absolute Gasteiger partial charge is 0.0332 e. The minimum atomic E-state index is -0.0721. The molecule has 1 rings (SSSR count). The summed E-state index contributed by atoms with van der Waals surface area (Å²) in [5.74, 6) is 3.44. The molecule has 0 spiro atoms. The standard InChI is InChI=1S/C14H20Cl2S/c1-3-17-8-7-14(10-15,11-16)13-6-4-5-12(2)9-13/h4-6,9H,3,7-8,10-11H2,1-2H3. The van der Waals surface area contributed by atoms with Crippen LogP contribution in [0.15, 0.2) is 24.3 Å². The molecular weight excluding hydrogens is 271 g/mol. The number of benzene rings is 1. The topological polar surface area (TPSA) is 0 Å². The molecule has 0 fully saturated rings. The molecule has 0 nitrogen and oxygen atoms in total. The minimum absolute atomic E-state index is 0.0721. The first-order valence-electron chi connectivity index (χ1n) is 5.95. The van der Waals surface area contributed by atoms with Crippen molar-refractivity contribution in [2.24, 2.45) is 0 Å². The Hall–Kier alpha value is 0.150. The number of aryl methyl sites for hydroxylation is 1. The molecule has 0 bridgehead atoms. The molecule has 0 aromatic heterocycles. The molecule has 0 saturated heterocycles. The van der Waals surface area contributed by atoms with Gasteiger partial charge in [-0.05, 0) is 30.4 Å². The zero-order valence-corrected chi connectivity index (χ0v) is 12.8. The van der Waals surface area contributed by atoms with Gasteiger partial charge in [-0.2, -0.15) is 11.8 Å². The second-order valence-electron chi connectivity index (χ2n) is 4.36. The second-order valence-corrected chi connectivity index (χ2v) is 6.29. The van der Waals surface area contributed by atoms with Gasteiger partial charge in [0.1, 0.15) is 0 Å². The van der Waals surface area contributed by atoms with Gasteiger partial charge in [0, 0.05) is 17.2 Å². The molecule has 0 heterocycles. The van der Waals surface area contributed by atoms with Crippen LogP contribution in [0.3, 0.4) is 0 Å². The molecule has 17 heavy (non-hydrogen) atoms. The van der Waals surface area contributed by atoms with Crippen molar-refractivity contribution in [2.75, 3.05) is 23.3 Å². The van der Waals surface area contributed by atoms with Gasteiger partial charge in [-0.15, -0.1) is 23.2 Å². The van der Waals surface area contributed by atoms with Crippen molar-refractivity contribution in [3.8, 4) is 0 Å². The third kappa shape index (κ3) is 4.08. The van der Waals surface area contributed by atoms with E-state index >= 15 is 0 Å². The van der Waals surface area contributed by atoms with Gasteiger partial charge < -0.3 is 0 Å². The predicted molar refractivity (Wildman–Crippen MR) is 81.9 cm³/mol. The summed E-state index contributed by atoms with van der Waals surface area (Å²) >= 11 is 14.3. The van der Waals surface area contributed by atoms with Gasteiger partial charge >= 0.3 is 0 Å². The van der Waals surface area contributed by atoms with E-state index in [9.17, 15) is 0 Å². The summed E-state index contributed by atoms with van der Waals surface area (Å²) in [6, 6.07) is 8.55. The zero-order chi connectivity index (χ0) is 12.7. The molecule has 1 aromatic carbocycles. The maximum absolute atomic E-state index is 6.20. The van der Waals surface area contributed by atoms with Gasteiger partial charge in [-0.25, -0.2) is 0 Å². The Morgan fingerprint density at radius 2 is 1.94 bits per heavy atom. The summed E-state index contributed by atoms with van der Waals surface area (Å²) in [5.41, 5.74) is 2.47. The lowest BCUT2D eigenvalue weighted by Crippen LogP contribution is -2.31. The van der Waals surface area contributed by atoms with Crippen LogP contribution >= 0.6 is 35.0 Å². The molecule has 0 N–H and O–H groups in total. The normalized spacial score (nSPS) is 11.8. The molecule has 0 saturated carbocycles. The molecular formula is C14H20Cl2S. The molecule has 0 aliphatic carbocycles. The summed E-state index contributed by atoms with van der Waals surface area (Å²) in [6.07, 6.45) is 1.04. The van der Waals surface area contributed by atoms with Gasteiger partial charge in [0.15, 0.2) is 0 Å². The Bertz CT molecular complexity index is 335. The first kappa shape index (κ1) is 15.2. The van der Waals surface area contributed by atoms with Crippen LogP contribution < -0.4 is 0 Å². The van der Waals surface area contributed by atoms with Crippen LogP contribution in [0.25, 0.3) is 0 Å². The van der Waals surface area contributed by atoms with Gasteiger partial charge in [0.25, 0.3) is 0 Å². The van der Waals surface area contributed by atoms with E-state index < -0.39 is 0 Å². The molecule has 3 heteroatoms. The Balaban J connectivity index is 2.89. The average molecular weight is 291 g/mol. The Labute approximate surface area is 119 Å². The maximum atomic E-state index is 6.20. The first-order valence-corrected chi connectivity index (χ1v) is 8.17. The van der Waals surface area contributed by atoms with Gasteiger partial charge in [0.2, 0.25) is 0 Å². The number of hydrogen-bond donors (Lipinski definition) is 0. The largest absolute Gasteiger partial charge is 0.162 e. The number of rotatable bonds is 7. The molecule has 0 atom stereocenters. The summed E-state index contributed by atoms with van der Waals surface area (Å²) in [6.45, 7) is 4.29. The van der Waals surface area contributed by atoms with E-state index in [-0.39, 0.29) is 5.41 Å². The molecule has 96 valence electrons. The first-order chi connectivity index (χ1) is 8.18. The quantitative estimate of drug-likeness (QED) is 0.511. The Kier molecular flexibility index (Phi) is 6.76. The zero-order valence-electron chi connectivity index (χ0n) is 10.5. The highest BCUT2D eigenvalue weighted by atomic mass is 35.5. The van der Waals surface area contributed by atoms with Crippen molar-refractivity contribution in [1.29, 1.82) is 0 Å². The van der Waals surface area contributed by atoms with Crippen LogP contribution in [0, 0.1) is 6.92 Å². The lowest BCUT2D eigenvalue weighted by atomic mass is 9.81. The fraction of sp³-hybridized carbons (Fsp3) is 0.571. The van der Waals surface area contributed by atoms with E-state index in [1.54, 1.807) is 0 Å². The second kappa shape index (κ2) is 7.56. The van der Waals surface area contributed by atoms with Crippen molar-refractivity contribution >= 4 is 35.0 Å². The van der Waals surface area contributed by atoms with Crippen LogP contribution in [0.2, 0.25) is 0 Å². The Morgan fingerprint density at radius 3 is 2.47 bits per heavy atom. The summed E-state index contributed by atoms with van der Waals surface area (Å²) in [7, 11) is 0.